The molecule has 0 saturated heterocycles. The van der Waals surface area contributed by atoms with Gasteiger partial charge in [0.05, 0.1) is 25.0 Å². The fraction of sp³-hybridized carbons (Fsp3) is 0.385. The zero-order chi connectivity index (χ0) is 26.5. The van der Waals surface area contributed by atoms with Crippen LogP contribution in [0.15, 0.2) is 42.7 Å². The molecule has 8 nitrogen and oxygen atoms in total. The molecule has 37 heavy (non-hydrogen) atoms. The van der Waals surface area contributed by atoms with Crippen molar-refractivity contribution in [1.82, 2.24) is 29.1 Å². The average molecular weight is 512 g/mol. The van der Waals surface area contributed by atoms with Crippen molar-refractivity contribution in [1.29, 1.82) is 0 Å². The number of carbonyl (C=O) groups is 1. The summed E-state index contributed by atoms with van der Waals surface area (Å²) in [4.78, 5) is 18.4. The van der Waals surface area contributed by atoms with Crippen LogP contribution in [0.4, 0.5) is 19.0 Å². The van der Waals surface area contributed by atoms with Gasteiger partial charge in [-0.05, 0) is 38.8 Å². The molecule has 0 fully saturated rings. The highest BCUT2D eigenvalue weighted by Gasteiger charge is 2.35. The number of anilines is 1. The average Bonchev–Trinajstić information content (AvgIpc) is 3.57. The summed E-state index contributed by atoms with van der Waals surface area (Å²) in [5.74, 6) is 0.964. The number of hydrogen-bond acceptors (Lipinski definition) is 4. The molecule has 0 radical (unpaired) electrons. The number of nitrogens with zero attached hydrogens (tertiary/aromatic N) is 7. The van der Waals surface area contributed by atoms with E-state index in [4.69, 9.17) is 5.10 Å². The maximum atomic E-state index is 13.2. The van der Waals surface area contributed by atoms with Crippen molar-refractivity contribution in [2.24, 2.45) is 0 Å². The predicted octanol–water partition coefficient (Wildman–Crippen LogP) is 5.48. The Morgan fingerprint density at radius 1 is 1.14 bits per heavy atom. The van der Waals surface area contributed by atoms with Gasteiger partial charge >= 0.3 is 6.18 Å². The molecule has 4 heterocycles. The molecule has 1 amide bonds. The van der Waals surface area contributed by atoms with E-state index in [0.29, 0.717) is 37.4 Å². The zero-order valence-corrected chi connectivity index (χ0v) is 21.1. The van der Waals surface area contributed by atoms with Crippen LogP contribution in [0.1, 0.15) is 50.1 Å². The number of amides is 1. The van der Waals surface area contributed by atoms with Crippen LogP contribution in [-0.2, 0) is 30.6 Å². The van der Waals surface area contributed by atoms with E-state index in [0.717, 1.165) is 28.7 Å². The number of carbonyl (C=O) groups excluding carboxylic acids is 1. The molecule has 0 saturated carbocycles. The first-order chi connectivity index (χ1) is 17.6. The lowest BCUT2D eigenvalue weighted by molar-refractivity contribution is -0.140. The molecule has 0 spiro atoms. The lowest BCUT2D eigenvalue weighted by Crippen LogP contribution is -2.36. The molecule has 11 heteroatoms. The molecule has 5 rings (SSSR count). The van der Waals surface area contributed by atoms with Crippen LogP contribution in [0.2, 0.25) is 0 Å². The van der Waals surface area contributed by atoms with Gasteiger partial charge in [0.25, 0.3) is 0 Å². The Morgan fingerprint density at radius 2 is 1.86 bits per heavy atom. The Hall–Kier alpha value is -3.89. The minimum atomic E-state index is -4.50. The van der Waals surface area contributed by atoms with Crippen molar-refractivity contribution in [2.75, 3.05) is 4.90 Å². The van der Waals surface area contributed by atoms with Gasteiger partial charge in [-0.25, -0.2) is 9.67 Å². The molecule has 1 aliphatic heterocycles. The normalized spacial score (nSPS) is 14.1. The molecule has 0 bridgehead atoms. The Labute approximate surface area is 212 Å². The second kappa shape index (κ2) is 9.20. The molecule has 194 valence electrons. The summed E-state index contributed by atoms with van der Waals surface area (Å²) in [7, 11) is 0. The summed E-state index contributed by atoms with van der Waals surface area (Å²) in [6.45, 7) is 9.07. The molecule has 0 aliphatic carbocycles. The number of imidazole rings is 1. The summed E-state index contributed by atoms with van der Waals surface area (Å²) in [5.41, 5.74) is 3.22. The molecule has 0 unspecified atom stereocenters. The molecule has 0 atom stereocenters. The number of rotatable bonds is 6. The van der Waals surface area contributed by atoms with Crippen LogP contribution in [0.3, 0.4) is 0 Å². The van der Waals surface area contributed by atoms with Gasteiger partial charge < -0.3 is 4.57 Å². The van der Waals surface area contributed by atoms with Gasteiger partial charge in [0.1, 0.15) is 17.3 Å². The van der Waals surface area contributed by atoms with Crippen LogP contribution >= 0.6 is 0 Å². The van der Waals surface area contributed by atoms with Crippen molar-refractivity contribution in [2.45, 2.75) is 66.0 Å². The summed E-state index contributed by atoms with van der Waals surface area (Å²) in [5, 5.41) is 9.26. The third kappa shape index (κ3) is 4.54. The maximum Gasteiger partial charge on any atom is 0.434 e. The highest BCUT2D eigenvalue weighted by molar-refractivity contribution is 5.94. The smallest absolute Gasteiger partial charge is 0.331 e. The van der Waals surface area contributed by atoms with Crippen molar-refractivity contribution in [3.8, 4) is 22.8 Å². The van der Waals surface area contributed by atoms with Crippen molar-refractivity contribution in [3.05, 3.63) is 59.5 Å². The van der Waals surface area contributed by atoms with Gasteiger partial charge in [-0.15, -0.1) is 0 Å². The Bertz CT molecular complexity index is 1440. The second-order valence-corrected chi connectivity index (χ2v) is 9.49. The quantitative estimate of drug-likeness (QED) is 0.344. The lowest BCUT2D eigenvalue weighted by atomic mass is 10.1. The van der Waals surface area contributed by atoms with Gasteiger partial charge in [0, 0.05) is 36.8 Å². The van der Waals surface area contributed by atoms with Gasteiger partial charge in [-0.3, -0.25) is 14.4 Å². The van der Waals surface area contributed by atoms with Crippen LogP contribution in [-0.4, -0.2) is 35.0 Å². The molecule has 1 aliphatic rings. The van der Waals surface area contributed by atoms with Crippen LogP contribution in [0, 0.1) is 6.92 Å². The van der Waals surface area contributed by atoms with E-state index in [-0.39, 0.29) is 17.8 Å². The van der Waals surface area contributed by atoms with E-state index < -0.39 is 11.9 Å². The number of hydrogen-bond donors (Lipinski definition) is 0. The topological polar surface area (TPSA) is 73.8 Å². The van der Waals surface area contributed by atoms with Gasteiger partial charge in [0.2, 0.25) is 5.91 Å². The number of fused-ring (bicyclic) bond motifs is 1. The maximum absolute atomic E-state index is 13.2. The van der Waals surface area contributed by atoms with Crippen molar-refractivity contribution < 1.29 is 18.0 Å². The fourth-order valence-corrected chi connectivity index (χ4v) is 4.66. The molecule has 0 N–H and O–H groups in total. The van der Waals surface area contributed by atoms with Gasteiger partial charge in [-0.1, -0.05) is 24.3 Å². The van der Waals surface area contributed by atoms with Crippen molar-refractivity contribution in [3.63, 3.8) is 0 Å². The molecular formula is C26H28F3N7O. The first kappa shape index (κ1) is 24.8. The summed E-state index contributed by atoms with van der Waals surface area (Å²) < 4.78 is 44.8. The van der Waals surface area contributed by atoms with Gasteiger partial charge in [0.15, 0.2) is 5.69 Å². The minimum Gasteiger partial charge on any atom is -0.331 e. The van der Waals surface area contributed by atoms with Crippen LogP contribution < -0.4 is 4.90 Å². The minimum absolute atomic E-state index is 0.00605. The number of aryl methyl sites for hydroxylation is 3. The second-order valence-electron chi connectivity index (χ2n) is 9.49. The third-order valence-electron chi connectivity index (χ3n) is 6.54. The van der Waals surface area contributed by atoms with Crippen LogP contribution in [0.5, 0.6) is 0 Å². The molecule has 4 aromatic rings. The Morgan fingerprint density at radius 3 is 2.51 bits per heavy atom. The van der Waals surface area contributed by atoms with Gasteiger partial charge in [-0.2, -0.15) is 23.4 Å². The van der Waals surface area contributed by atoms with Crippen LogP contribution in [0.25, 0.3) is 22.8 Å². The molecular weight excluding hydrogens is 483 g/mol. The number of halogens is 3. The first-order valence-electron chi connectivity index (χ1n) is 12.2. The first-order valence-corrected chi connectivity index (χ1v) is 12.2. The third-order valence-corrected chi connectivity index (χ3v) is 6.54. The SMILES string of the molecule is CCn1cc(C(F)(F)F)nc1-c1ccc(CN2C(=O)CCn3nc(-c4c(C)cnn4C(C)C)cc32)cc1. The summed E-state index contributed by atoms with van der Waals surface area (Å²) >= 11 is 0. The summed E-state index contributed by atoms with van der Waals surface area (Å²) in [6, 6.07) is 9.20. The molecule has 1 aromatic carbocycles. The standard InChI is InChI=1S/C26H28F3N7O/c1-5-33-15-21(26(27,28)29)31-25(33)19-8-6-18(7-9-19)14-34-22-12-20(32-35(22)11-10-23(34)37)24-17(4)13-30-36(24)16(2)3/h6-9,12-13,15-16H,5,10-11,14H2,1-4H3. The number of benzene rings is 1. The number of alkyl halides is 3. The van der Waals surface area contributed by atoms with E-state index >= 15 is 0 Å². The Kier molecular flexibility index (Phi) is 6.17. The van der Waals surface area contributed by atoms with E-state index in [9.17, 15) is 18.0 Å². The highest BCUT2D eigenvalue weighted by Crippen LogP contribution is 2.33. The van der Waals surface area contributed by atoms with E-state index in [2.05, 4.69) is 23.9 Å². The van der Waals surface area contributed by atoms with E-state index in [1.165, 1.54) is 4.57 Å². The summed E-state index contributed by atoms with van der Waals surface area (Å²) in [6.07, 6.45) is -1.32. The fourth-order valence-electron chi connectivity index (χ4n) is 4.66. The zero-order valence-electron chi connectivity index (χ0n) is 21.1. The monoisotopic (exact) mass is 511 g/mol. The Balaban J connectivity index is 1.43. The van der Waals surface area contributed by atoms with E-state index in [1.807, 2.05) is 40.7 Å². The lowest BCUT2D eigenvalue weighted by Gasteiger charge is -2.27. The predicted molar refractivity (Wildman–Crippen MR) is 133 cm³/mol. The number of aromatic nitrogens is 6. The van der Waals surface area contributed by atoms with Crippen molar-refractivity contribution >= 4 is 11.7 Å². The largest absolute Gasteiger partial charge is 0.434 e. The highest BCUT2D eigenvalue weighted by atomic mass is 19.4. The molecule has 3 aromatic heterocycles. The van der Waals surface area contributed by atoms with E-state index in [1.54, 1.807) is 24.0 Å².